The second-order valence-electron chi connectivity index (χ2n) is 8.18. The lowest BCUT2D eigenvalue weighted by molar-refractivity contribution is 0.102. The summed E-state index contributed by atoms with van der Waals surface area (Å²) in [4.78, 5) is 29.3. The van der Waals surface area contributed by atoms with Crippen molar-refractivity contribution in [1.29, 1.82) is 0 Å². The third-order valence-corrected chi connectivity index (χ3v) is 5.64. The van der Waals surface area contributed by atoms with E-state index in [9.17, 15) is 9.59 Å². The van der Waals surface area contributed by atoms with E-state index in [1.54, 1.807) is 24.3 Å². The average Bonchev–Trinajstić information content (AvgIpc) is 3.48. The highest BCUT2D eigenvalue weighted by molar-refractivity contribution is 6.05. The van der Waals surface area contributed by atoms with Crippen LogP contribution in [0.3, 0.4) is 0 Å². The van der Waals surface area contributed by atoms with Crippen LogP contribution in [-0.4, -0.2) is 27.5 Å². The first-order valence-electron chi connectivity index (χ1n) is 10.8. The third kappa shape index (κ3) is 4.60. The minimum absolute atomic E-state index is 0.226. The molecule has 158 valence electrons. The number of benzene rings is 2. The standard InChI is InChI=1S/C24H25N5O2/c30-23(17-4-3-5-20(14-17)27-24(31)26-19-11-12-19)25-18-9-7-16(8-10-18)21-15-29-13-2-1-6-22(29)28-21/h3-5,7-10,14-15,19H,1-2,6,11-13H2,(H,25,30)(H2,26,27,31). The fraction of sp³-hybridized carbons (Fsp3) is 0.292. The number of carbonyl (C=O) groups excluding carboxylic acids is 2. The van der Waals surface area contributed by atoms with Gasteiger partial charge >= 0.3 is 6.03 Å². The van der Waals surface area contributed by atoms with E-state index in [1.807, 2.05) is 24.3 Å². The minimum atomic E-state index is -0.239. The van der Waals surface area contributed by atoms with Crippen molar-refractivity contribution in [3.63, 3.8) is 0 Å². The molecule has 1 aromatic heterocycles. The van der Waals surface area contributed by atoms with E-state index < -0.39 is 0 Å². The Bertz CT molecular complexity index is 1090. The van der Waals surface area contributed by atoms with E-state index in [1.165, 1.54) is 12.8 Å². The molecule has 3 aromatic rings. The van der Waals surface area contributed by atoms with Gasteiger partial charge < -0.3 is 20.5 Å². The Morgan fingerprint density at radius 3 is 2.58 bits per heavy atom. The molecule has 5 rings (SSSR count). The molecule has 7 nitrogen and oxygen atoms in total. The van der Waals surface area contributed by atoms with Gasteiger partial charge in [0.1, 0.15) is 5.82 Å². The maximum Gasteiger partial charge on any atom is 0.319 e. The largest absolute Gasteiger partial charge is 0.335 e. The predicted octanol–water partition coefficient (Wildman–Crippen LogP) is 4.42. The van der Waals surface area contributed by atoms with Gasteiger partial charge in [0.05, 0.1) is 5.69 Å². The molecule has 0 radical (unpaired) electrons. The van der Waals surface area contributed by atoms with Crippen molar-refractivity contribution in [2.75, 3.05) is 10.6 Å². The highest BCUT2D eigenvalue weighted by atomic mass is 16.2. The molecule has 1 aliphatic carbocycles. The van der Waals surface area contributed by atoms with Crippen molar-refractivity contribution in [2.45, 2.75) is 44.7 Å². The number of hydrogen-bond acceptors (Lipinski definition) is 3. The normalized spacial score (nSPS) is 15.1. The molecule has 0 atom stereocenters. The zero-order valence-electron chi connectivity index (χ0n) is 17.2. The van der Waals surface area contributed by atoms with Gasteiger partial charge in [-0.1, -0.05) is 18.2 Å². The predicted molar refractivity (Wildman–Crippen MR) is 120 cm³/mol. The molecule has 2 aromatic carbocycles. The summed E-state index contributed by atoms with van der Waals surface area (Å²) in [6.07, 6.45) is 7.60. The average molecular weight is 415 g/mol. The van der Waals surface area contributed by atoms with Gasteiger partial charge in [-0.25, -0.2) is 9.78 Å². The molecule has 2 heterocycles. The lowest BCUT2D eigenvalue weighted by Crippen LogP contribution is -2.30. The van der Waals surface area contributed by atoms with Crippen LogP contribution in [0.25, 0.3) is 11.3 Å². The minimum Gasteiger partial charge on any atom is -0.335 e. The zero-order chi connectivity index (χ0) is 21.2. The molecule has 1 aliphatic heterocycles. The number of aromatic nitrogens is 2. The number of hydrogen-bond donors (Lipinski definition) is 3. The van der Waals surface area contributed by atoms with E-state index in [4.69, 9.17) is 4.98 Å². The van der Waals surface area contributed by atoms with Crippen molar-refractivity contribution < 1.29 is 9.59 Å². The number of anilines is 2. The van der Waals surface area contributed by atoms with Crippen LogP contribution < -0.4 is 16.0 Å². The Morgan fingerprint density at radius 2 is 1.81 bits per heavy atom. The fourth-order valence-electron chi connectivity index (χ4n) is 3.80. The van der Waals surface area contributed by atoms with E-state index in [0.29, 0.717) is 16.9 Å². The zero-order valence-corrected chi connectivity index (χ0v) is 17.2. The summed E-state index contributed by atoms with van der Waals surface area (Å²) in [5.74, 6) is 0.925. The Kier molecular flexibility index (Phi) is 5.16. The van der Waals surface area contributed by atoms with Crippen molar-refractivity contribution in [3.05, 3.63) is 66.1 Å². The van der Waals surface area contributed by atoms with Crippen LogP contribution in [-0.2, 0) is 13.0 Å². The Hall–Kier alpha value is -3.61. The van der Waals surface area contributed by atoms with Crippen LogP contribution in [0.2, 0.25) is 0 Å². The number of urea groups is 1. The molecule has 2 aliphatic rings. The molecule has 0 unspecified atom stereocenters. The van der Waals surface area contributed by atoms with Gasteiger partial charge in [-0.05, 0) is 56.0 Å². The Morgan fingerprint density at radius 1 is 0.968 bits per heavy atom. The van der Waals surface area contributed by atoms with Gasteiger partial charge in [0, 0.05) is 47.7 Å². The summed E-state index contributed by atoms with van der Waals surface area (Å²) in [6, 6.07) is 14.7. The van der Waals surface area contributed by atoms with Gasteiger partial charge in [0.15, 0.2) is 0 Å². The lowest BCUT2D eigenvalue weighted by Gasteiger charge is -2.11. The van der Waals surface area contributed by atoms with Crippen molar-refractivity contribution in [2.24, 2.45) is 0 Å². The second-order valence-corrected chi connectivity index (χ2v) is 8.18. The number of aryl methyl sites for hydroxylation is 2. The molecule has 3 N–H and O–H groups in total. The first-order valence-corrected chi connectivity index (χ1v) is 10.8. The molecular formula is C24H25N5O2. The van der Waals surface area contributed by atoms with Gasteiger partial charge in [-0.15, -0.1) is 0 Å². The summed E-state index contributed by atoms with van der Waals surface area (Å²) in [7, 11) is 0. The number of carbonyl (C=O) groups is 2. The Labute approximate surface area is 180 Å². The van der Waals surface area contributed by atoms with E-state index >= 15 is 0 Å². The summed E-state index contributed by atoms with van der Waals surface area (Å²) in [6.45, 7) is 1.03. The molecule has 0 saturated heterocycles. The number of imidazole rings is 1. The van der Waals surface area contributed by atoms with Crippen LogP contribution in [0.1, 0.15) is 41.9 Å². The number of fused-ring (bicyclic) bond motifs is 1. The maximum atomic E-state index is 12.7. The quantitative estimate of drug-likeness (QED) is 0.576. The van der Waals surface area contributed by atoms with Gasteiger partial charge in [-0.3, -0.25) is 4.79 Å². The molecule has 0 spiro atoms. The van der Waals surface area contributed by atoms with Gasteiger partial charge in [0.25, 0.3) is 5.91 Å². The number of amides is 3. The van der Waals surface area contributed by atoms with Gasteiger partial charge in [-0.2, -0.15) is 0 Å². The number of nitrogens with zero attached hydrogens (tertiary/aromatic N) is 2. The van der Waals surface area contributed by atoms with Crippen LogP contribution in [0.4, 0.5) is 16.2 Å². The summed E-state index contributed by atoms with van der Waals surface area (Å²) in [5.41, 5.74) is 3.79. The molecule has 3 amide bonds. The molecule has 31 heavy (non-hydrogen) atoms. The SMILES string of the molecule is O=C(Nc1cccc(C(=O)Nc2ccc(-c3cn4c(n3)CCCC4)cc2)c1)NC1CC1. The number of nitrogens with one attached hydrogen (secondary N) is 3. The van der Waals surface area contributed by atoms with Crippen LogP contribution in [0.5, 0.6) is 0 Å². The summed E-state index contributed by atoms with van der Waals surface area (Å²) >= 11 is 0. The first kappa shape index (κ1) is 19.4. The molecule has 1 fully saturated rings. The first-order chi connectivity index (χ1) is 15.1. The summed E-state index contributed by atoms with van der Waals surface area (Å²) < 4.78 is 2.24. The van der Waals surface area contributed by atoms with Crippen molar-refractivity contribution >= 4 is 23.3 Å². The van der Waals surface area contributed by atoms with Crippen molar-refractivity contribution in [1.82, 2.24) is 14.9 Å². The van der Waals surface area contributed by atoms with E-state index in [-0.39, 0.29) is 18.0 Å². The van der Waals surface area contributed by atoms with Crippen LogP contribution in [0, 0.1) is 0 Å². The molecule has 7 heteroatoms. The maximum absolute atomic E-state index is 12.7. The highest BCUT2D eigenvalue weighted by Gasteiger charge is 2.23. The molecular weight excluding hydrogens is 390 g/mol. The molecule has 0 bridgehead atoms. The van der Waals surface area contributed by atoms with Crippen LogP contribution in [0.15, 0.2) is 54.7 Å². The summed E-state index contributed by atoms with van der Waals surface area (Å²) in [5, 5.41) is 8.56. The van der Waals surface area contributed by atoms with E-state index in [0.717, 1.165) is 42.9 Å². The lowest BCUT2D eigenvalue weighted by atomic mass is 10.1. The van der Waals surface area contributed by atoms with Crippen molar-refractivity contribution in [3.8, 4) is 11.3 Å². The third-order valence-electron chi connectivity index (χ3n) is 5.64. The van der Waals surface area contributed by atoms with Crippen LogP contribution >= 0.6 is 0 Å². The second kappa shape index (κ2) is 8.26. The van der Waals surface area contributed by atoms with E-state index in [2.05, 4.69) is 26.7 Å². The highest BCUT2D eigenvalue weighted by Crippen LogP contribution is 2.24. The Balaban J connectivity index is 1.23. The topological polar surface area (TPSA) is 88.1 Å². The smallest absolute Gasteiger partial charge is 0.319 e. The molecule has 1 saturated carbocycles. The number of rotatable bonds is 5. The fourth-order valence-corrected chi connectivity index (χ4v) is 3.80. The monoisotopic (exact) mass is 415 g/mol. The van der Waals surface area contributed by atoms with Gasteiger partial charge in [0.2, 0.25) is 0 Å².